The third kappa shape index (κ3) is 2.66. The average molecular weight is 366 g/mol. The van der Waals surface area contributed by atoms with Crippen molar-refractivity contribution in [2.75, 3.05) is 0 Å². The highest BCUT2D eigenvalue weighted by atomic mass is 16.6. The monoisotopic (exact) mass is 366 g/mol. The number of ether oxygens (including phenoxy) is 1. The van der Waals surface area contributed by atoms with Gasteiger partial charge in [-0.2, -0.15) is 0 Å². The number of esters is 1. The number of carbonyl (C=O) groups excluding carboxylic acids is 2. The van der Waals surface area contributed by atoms with Gasteiger partial charge < -0.3 is 10.5 Å². The van der Waals surface area contributed by atoms with Crippen LogP contribution in [0.5, 0.6) is 0 Å². The Morgan fingerprint density at radius 2 is 2.04 bits per heavy atom. The normalized spacial score (nSPS) is 39.9. The molecule has 0 aromatic heterocycles. The van der Waals surface area contributed by atoms with Gasteiger partial charge in [-0.25, -0.2) is 4.99 Å². The molecular formula is C22H26N2O3. The van der Waals surface area contributed by atoms with E-state index in [0.29, 0.717) is 24.0 Å². The molecule has 0 radical (unpaired) electrons. The molecule has 2 N–H and O–H groups in total. The van der Waals surface area contributed by atoms with Crippen LogP contribution in [0, 0.1) is 29.6 Å². The maximum Gasteiger partial charge on any atom is 0.309 e. The minimum atomic E-state index is -0.197. The summed E-state index contributed by atoms with van der Waals surface area (Å²) in [6.45, 7) is 1.95. The molecule has 5 rings (SSSR count). The number of nitrogens with zero attached hydrogens (tertiary/aromatic N) is 1. The number of nitrogens with two attached hydrogens (primary N) is 1. The number of fused-ring (bicyclic) bond motifs is 3. The summed E-state index contributed by atoms with van der Waals surface area (Å²) in [6, 6.07) is 8.13. The molecule has 2 aliphatic carbocycles. The minimum Gasteiger partial charge on any atom is -0.462 e. The van der Waals surface area contributed by atoms with Gasteiger partial charge in [0.15, 0.2) is 5.78 Å². The quantitative estimate of drug-likeness (QED) is 0.816. The van der Waals surface area contributed by atoms with Crippen LogP contribution in [-0.2, 0) is 20.7 Å². The van der Waals surface area contributed by atoms with Crippen molar-refractivity contribution >= 4 is 23.2 Å². The van der Waals surface area contributed by atoms with E-state index in [1.807, 2.05) is 31.2 Å². The number of ketones is 1. The number of aliphatic imine (C=N–C) groups is 1. The lowest BCUT2D eigenvalue weighted by Crippen LogP contribution is -2.51. The largest absolute Gasteiger partial charge is 0.462 e. The molecule has 0 spiro atoms. The first-order valence-corrected chi connectivity index (χ1v) is 10.2. The Kier molecular flexibility index (Phi) is 3.97. The van der Waals surface area contributed by atoms with E-state index in [0.717, 1.165) is 36.9 Å². The second-order valence-corrected chi connectivity index (χ2v) is 8.81. The van der Waals surface area contributed by atoms with Crippen molar-refractivity contribution in [3.05, 3.63) is 29.8 Å². The number of hydrogen-bond donors (Lipinski definition) is 1. The standard InChI is InChI=1S/C22H26N2O3/c1-11-19-16(22(26)27-11)9-13-8-14(23)6-7-15(13)20(19)21(25)18-10-12-4-2-3-5-17(12)24-18/h2-5,11,13-16,19-20H,6-10,23H2,1H3/t11-,13+,14-,15-,16-,19-,20+/m1/s1. The number of Topliss-reactive ketones (excluding diaryl/α,β-unsaturated/α-hetero) is 1. The van der Waals surface area contributed by atoms with Gasteiger partial charge in [-0.15, -0.1) is 0 Å². The van der Waals surface area contributed by atoms with Crippen molar-refractivity contribution in [2.24, 2.45) is 40.3 Å². The predicted molar refractivity (Wildman–Crippen MR) is 102 cm³/mol. The van der Waals surface area contributed by atoms with Gasteiger partial charge in [-0.05, 0) is 56.1 Å². The highest BCUT2D eigenvalue weighted by Gasteiger charge is 2.57. The summed E-state index contributed by atoms with van der Waals surface area (Å²) in [6.07, 6.45) is 4.06. The highest BCUT2D eigenvalue weighted by molar-refractivity contribution is 6.42. The van der Waals surface area contributed by atoms with Crippen molar-refractivity contribution in [3.63, 3.8) is 0 Å². The Morgan fingerprint density at radius 3 is 2.85 bits per heavy atom. The number of para-hydroxylation sites is 1. The smallest absolute Gasteiger partial charge is 0.309 e. The molecule has 27 heavy (non-hydrogen) atoms. The van der Waals surface area contributed by atoms with E-state index in [-0.39, 0.29) is 41.7 Å². The fraction of sp³-hybridized carbons (Fsp3) is 0.591. The first-order chi connectivity index (χ1) is 13.0. The zero-order chi connectivity index (χ0) is 18.7. The Morgan fingerprint density at radius 1 is 1.22 bits per heavy atom. The lowest BCUT2D eigenvalue weighted by Gasteiger charge is -2.47. The Hall–Kier alpha value is -2.01. The van der Waals surface area contributed by atoms with Crippen LogP contribution in [-0.4, -0.2) is 29.6 Å². The molecule has 7 atom stereocenters. The van der Waals surface area contributed by atoms with Gasteiger partial charge in [0.2, 0.25) is 0 Å². The molecule has 142 valence electrons. The van der Waals surface area contributed by atoms with Crippen LogP contribution in [0.1, 0.15) is 38.2 Å². The Balaban J connectivity index is 1.50. The van der Waals surface area contributed by atoms with Crippen molar-refractivity contribution in [2.45, 2.75) is 51.2 Å². The molecule has 3 fully saturated rings. The minimum absolute atomic E-state index is 0.0213. The van der Waals surface area contributed by atoms with E-state index in [4.69, 9.17) is 10.5 Å². The van der Waals surface area contributed by atoms with Crippen molar-refractivity contribution in [3.8, 4) is 0 Å². The van der Waals surface area contributed by atoms with E-state index in [1.165, 1.54) is 0 Å². The van der Waals surface area contributed by atoms with Gasteiger partial charge >= 0.3 is 5.97 Å². The van der Waals surface area contributed by atoms with Crippen molar-refractivity contribution < 1.29 is 14.3 Å². The van der Waals surface area contributed by atoms with Gasteiger partial charge in [-0.3, -0.25) is 9.59 Å². The Labute approximate surface area is 159 Å². The summed E-state index contributed by atoms with van der Waals surface area (Å²) in [7, 11) is 0. The van der Waals surface area contributed by atoms with Crippen LogP contribution >= 0.6 is 0 Å². The summed E-state index contributed by atoms with van der Waals surface area (Å²) in [5.74, 6) is 0.289. The van der Waals surface area contributed by atoms with Crippen LogP contribution in [0.15, 0.2) is 29.3 Å². The molecule has 1 saturated heterocycles. The zero-order valence-corrected chi connectivity index (χ0v) is 15.6. The van der Waals surface area contributed by atoms with Crippen LogP contribution in [0.4, 0.5) is 5.69 Å². The van der Waals surface area contributed by atoms with E-state index < -0.39 is 0 Å². The molecule has 1 aromatic rings. The van der Waals surface area contributed by atoms with Crippen LogP contribution in [0.2, 0.25) is 0 Å². The molecule has 4 aliphatic rings. The number of hydrogen-bond acceptors (Lipinski definition) is 5. The van der Waals surface area contributed by atoms with Gasteiger partial charge in [0.25, 0.3) is 0 Å². The second-order valence-electron chi connectivity index (χ2n) is 8.81. The van der Waals surface area contributed by atoms with Crippen molar-refractivity contribution in [1.82, 2.24) is 0 Å². The molecule has 2 aliphatic heterocycles. The van der Waals surface area contributed by atoms with Gasteiger partial charge in [0.1, 0.15) is 6.10 Å². The van der Waals surface area contributed by atoms with E-state index in [2.05, 4.69) is 4.99 Å². The first-order valence-electron chi connectivity index (χ1n) is 10.2. The van der Waals surface area contributed by atoms with Crippen LogP contribution in [0.3, 0.4) is 0 Å². The third-order valence-electron chi connectivity index (χ3n) is 7.32. The highest BCUT2D eigenvalue weighted by Crippen LogP contribution is 2.53. The first kappa shape index (κ1) is 17.1. The lowest BCUT2D eigenvalue weighted by molar-refractivity contribution is -0.144. The number of benzene rings is 1. The number of cyclic esters (lactones) is 1. The fourth-order valence-electron chi connectivity index (χ4n) is 6.15. The maximum atomic E-state index is 13.7. The number of carbonyl (C=O) groups is 2. The molecule has 0 unspecified atom stereocenters. The zero-order valence-electron chi connectivity index (χ0n) is 15.6. The molecule has 0 bridgehead atoms. The topological polar surface area (TPSA) is 81.8 Å². The lowest BCUT2D eigenvalue weighted by atomic mass is 9.55. The van der Waals surface area contributed by atoms with E-state index in [9.17, 15) is 9.59 Å². The molecule has 5 heteroatoms. The van der Waals surface area contributed by atoms with E-state index in [1.54, 1.807) is 0 Å². The van der Waals surface area contributed by atoms with Crippen LogP contribution < -0.4 is 5.73 Å². The summed E-state index contributed by atoms with van der Waals surface area (Å²) in [4.78, 5) is 30.8. The van der Waals surface area contributed by atoms with Crippen LogP contribution in [0.25, 0.3) is 0 Å². The Bertz CT molecular complexity index is 833. The molecular weight excluding hydrogens is 340 g/mol. The van der Waals surface area contributed by atoms with Crippen molar-refractivity contribution in [1.29, 1.82) is 0 Å². The summed E-state index contributed by atoms with van der Waals surface area (Å²) < 4.78 is 5.58. The fourth-order valence-corrected chi connectivity index (χ4v) is 6.15. The van der Waals surface area contributed by atoms with Gasteiger partial charge in [-0.1, -0.05) is 18.2 Å². The molecule has 0 amide bonds. The SMILES string of the molecule is C[C@H]1OC(=O)[C@@H]2C[C@@H]3C[C@H](N)CC[C@H]3[C@H](C(=O)C3=Nc4ccccc4C3)[C@H]12. The molecule has 2 heterocycles. The molecule has 2 saturated carbocycles. The molecule has 5 nitrogen and oxygen atoms in total. The average Bonchev–Trinajstić information content (AvgIpc) is 3.20. The third-order valence-corrected chi connectivity index (χ3v) is 7.32. The summed E-state index contributed by atoms with van der Waals surface area (Å²) in [5, 5.41) is 0. The van der Waals surface area contributed by atoms with Gasteiger partial charge in [0.05, 0.1) is 17.3 Å². The maximum absolute atomic E-state index is 13.7. The number of rotatable bonds is 2. The molecule has 1 aromatic carbocycles. The second kappa shape index (κ2) is 6.26. The predicted octanol–water partition coefficient (Wildman–Crippen LogP) is 2.83. The van der Waals surface area contributed by atoms with E-state index >= 15 is 0 Å². The summed E-state index contributed by atoms with van der Waals surface area (Å²) in [5.41, 5.74) is 8.89. The summed E-state index contributed by atoms with van der Waals surface area (Å²) >= 11 is 0. The van der Waals surface area contributed by atoms with Gasteiger partial charge in [0, 0.05) is 24.3 Å².